The third kappa shape index (κ3) is 4.29. The Morgan fingerprint density at radius 1 is 0.970 bits per heavy atom. The lowest BCUT2D eigenvalue weighted by atomic mass is 9.97. The molecule has 2 amide bonds. The van der Waals surface area contributed by atoms with E-state index < -0.39 is 40.8 Å². The van der Waals surface area contributed by atoms with Gasteiger partial charge in [-0.05, 0) is 48.5 Å². The van der Waals surface area contributed by atoms with Crippen molar-refractivity contribution in [3.8, 4) is 0 Å². The van der Waals surface area contributed by atoms with Gasteiger partial charge in [-0.25, -0.2) is 13.8 Å². The van der Waals surface area contributed by atoms with Crippen LogP contribution in [0.1, 0.15) is 37.4 Å². The van der Waals surface area contributed by atoms with Gasteiger partial charge in [-0.15, -0.1) is 0 Å². The van der Waals surface area contributed by atoms with Gasteiger partial charge in [0, 0.05) is 22.4 Å². The first-order valence-electron chi connectivity index (χ1n) is 9.15. The van der Waals surface area contributed by atoms with Crippen LogP contribution >= 0.6 is 11.6 Å². The van der Waals surface area contributed by atoms with Crippen molar-refractivity contribution >= 4 is 40.5 Å². The van der Waals surface area contributed by atoms with E-state index in [0.717, 1.165) is 12.1 Å². The number of fused-ring (bicyclic) bond motifs is 1. The highest BCUT2D eigenvalue weighted by molar-refractivity contribution is 6.39. The topological polar surface area (TPSA) is 84.5 Å². The van der Waals surface area contributed by atoms with E-state index in [1.807, 2.05) is 0 Å². The van der Waals surface area contributed by atoms with Crippen molar-refractivity contribution in [2.24, 2.45) is 4.99 Å². The molecule has 1 heterocycles. The number of nitrogens with one attached hydrogen (secondary N) is 1. The normalized spacial score (nSPS) is 13.0. The van der Waals surface area contributed by atoms with Crippen LogP contribution in [0.25, 0.3) is 0 Å². The maximum Gasteiger partial charge on any atom is 0.416 e. The zero-order valence-corrected chi connectivity index (χ0v) is 17.0. The summed E-state index contributed by atoms with van der Waals surface area (Å²) in [6.07, 6.45) is -4.88. The number of benzene rings is 3. The number of halogens is 6. The molecule has 0 bridgehead atoms. The minimum atomic E-state index is -4.88. The number of anilines is 2. The fraction of sp³-hybridized carbons (Fsp3) is 0.0455. The van der Waals surface area contributed by atoms with Crippen molar-refractivity contribution in [3.05, 3.63) is 93.0 Å². The Labute approximate surface area is 187 Å². The first kappa shape index (κ1) is 22.4. The molecule has 0 saturated heterocycles. The first-order chi connectivity index (χ1) is 15.4. The van der Waals surface area contributed by atoms with Crippen LogP contribution in [0.15, 0.2) is 53.5 Å². The molecule has 1 aliphatic heterocycles. The molecular formula is C22H11ClF5N3O2. The summed E-state index contributed by atoms with van der Waals surface area (Å²) in [5.41, 5.74) is 3.76. The molecule has 0 aromatic heterocycles. The second kappa shape index (κ2) is 7.96. The highest BCUT2D eigenvalue weighted by Gasteiger charge is 2.33. The number of carbonyl (C=O) groups is 2. The van der Waals surface area contributed by atoms with Crippen molar-refractivity contribution in [2.75, 3.05) is 11.1 Å². The standard InChI is InChI=1S/C22H11ClF5N3O2/c23-16-2-1-11(24)6-14(16)19-18-15(21(33)31-19)7-13(29)8-17(18)30-20(32)9-3-10(22(26,27)28)5-12(25)4-9/h1-8H,29H2,(H,30,32). The van der Waals surface area contributed by atoms with E-state index in [2.05, 4.69) is 10.3 Å². The third-order valence-electron chi connectivity index (χ3n) is 4.76. The minimum absolute atomic E-state index is 0.0316. The number of carbonyl (C=O) groups excluding carboxylic acids is 2. The Kier molecular flexibility index (Phi) is 5.41. The molecule has 11 heteroatoms. The van der Waals surface area contributed by atoms with Crippen molar-refractivity contribution in [1.82, 2.24) is 0 Å². The maximum atomic E-state index is 13.8. The van der Waals surface area contributed by atoms with Crippen molar-refractivity contribution in [1.29, 1.82) is 0 Å². The number of nitrogens with zero attached hydrogens (tertiary/aromatic N) is 1. The molecule has 0 fully saturated rings. The number of hydrogen-bond acceptors (Lipinski definition) is 3. The Morgan fingerprint density at radius 3 is 2.39 bits per heavy atom. The minimum Gasteiger partial charge on any atom is -0.399 e. The molecule has 0 radical (unpaired) electrons. The predicted molar refractivity (Wildman–Crippen MR) is 112 cm³/mol. The Hall–Kier alpha value is -3.79. The van der Waals surface area contributed by atoms with Crippen LogP contribution < -0.4 is 11.1 Å². The van der Waals surface area contributed by atoms with Gasteiger partial charge in [0.25, 0.3) is 11.8 Å². The number of nitrogen functional groups attached to an aromatic ring is 1. The average molecular weight is 480 g/mol. The smallest absolute Gasteiger partial charge is 0.399 e. The molecule has 1 aliphatic rings. The van der Waals surface area contributed by atoms with E-state index in [4.69, 9.17) is 17.3 Å². The van der Waals surface area contributed by atoms with Crippen LogP contribution in [0.4, 0.5) is 33.3 Å². The van der Waals surface area contributed by atoms with Gasteiger partial charge in [0.1, 0.15) is 11.6 Å². The summed E-state index contributed by atoms with van der Waals surface area (Å²) in [5.74, 6) is -3.78. The molecule has 0 atom stereocenters. The molecule has 0 spiro atoms. The number of nitrogens with two attached hydrogens (primary N) is 1. The summed E-state index contributed by atoms with van der Waals surface area (Å²) in [6, 6.07) is 7.26. The molecule has 3 aromatic carbocycles. The van der Waals surface area contributed by atoms with E-state index in [9.17, 15) is 31.5 Å². The molecule has 4 rings (SSSR count). The van der Waals surface area contributed by atoms with Crippen molar-refractivity contribution < 1.29 is 31.5 Å². The second-order valence-corrected chi connectivity index (χ2v) is 7.47. The van der Waals surface area contributed by atoms with Gasteiger partial charge in [0.05, 0.1) is 27.5 Å². The van der Waals surface area contributed by atoms with Gasteiger partial charge in [0.15, 0.2) is 0 Å². The van der Waals surface area contributed by atoms with Crippen LogP contribution in [-0.2, 0) is 6.18 Å². The van der Waals surface area contributed by atoms with E-state index in [-0.39, 0.29) is 44.9 Å². The van der Waals surface area contributed by atoms with E-state index in [0.29, 0.717) is 12.1 Å². The van der Waals surface area contributed by atoms with Gasteiger partial charge >= 0.3 is 6.18 Å². The fourth-order valence-electron chi connectivity index (χ4n) is 3.36. The van der Waals surface area contributed by atoms with E-state index >= 15 is 0 Å². The van der Waals surface area contributed by atoms with Crippen molar-refractivity contribution in [2.45, 2.75) is 6.18 Å². The van der Waals surface area contributed by atoms with Crippen LogP contribution in [0.2, 0.25) is 5.02 Å². The lowest BCUT2D eigenvalue weighted by molar-refractivity contribution is -0.137. The maximum absolute atomic E-state index is 13.8. The van der Waals surface area contributed by atoms with Crippen LogP contribution in [0.5, 0.6) is 0 Å². The summed E-state index contributed by atoms with van der Waals surface area (Å²) in [4.78, 5) is 29.0. The van der Waals surface area contributed by atoms with Crippen LogP contribution in [0, 0.1) is 11.6 Å². The average Bonchev–Trinajstić information content (AvgIpc) is 3.05. The molecule has 5 nitrogen and oxygen atoms in total. The fourth-order valence-corrected chi connectivity index (χ4v) is 3.56. The molecule has 0 saturated carbocycles. The summed E-state index contributed by atoms with van der Waals surface area (Å²) in [5, 5.41) is 2.40. The van der Waals surface area contributed by atoms with Gasteiger partial charge in [0.2, 0.25) is 0 Å². The first-order valence-corrected chi connectivity index (χ1v) is 9.53. The Morgan fingerprint density at radius 2 is 1.70 bits per heavy atom. The molecular weight excluding hydrogens is 469 g/mol. The van der Waals surface area contributed by atoms with Crippen molar-refractivity contribution in [3.63, 3.8) is 0 Å². The van der Waals surface area contributed by atoms with Gasteiger partial charge in [-0.2, -0.15) is 13.2 Å². The predicted octanol–water partition coefficient (Wildman–Crippen LogP) is 5.46. The molecule has 0 aliphatic carbocycles. The third-order valence-corrected chi connectivity index (χ3v) is 5.09. The number of alkyl halides is 3. The zero-order chi connectivity index (χ0) is 24.1. The number of aliphatic imine (C=N–C) groups is 1. The number of rotatable bonds is 3. The summed E-state index contributed by atoms with van der Waals surface area (Å²) in [7, 11) is 0. The molecule has 168 valence electrons. The monoisotopic (exact) mass is 479 g/mol. The largest absolute Gasteiger partial charge is 0.416 e. The lowest BCUT2D eigenvalue weighted by Gasteiger charge is -2.15. The second-order valence-electron chi connectivity index (χ2n) is 7.06. The van der Waals surface area contributed by atoms with Crippen LogP contribution in [0.3, 0.4) is 0 Å². The number of hydrogen-bond donors (Lipinski definition) is 2. The Balaban J connectivity index is 1.80. The van der Waals surface area contributed by atoms with Crippen LogP contribution in [-0.4, -0.2) is 17.5 Å². The van der Waals surface area contributed by atoms with E-state index in [1.54, 1.807) is 0 Å². The zero-order valence-electron chi connectivity index (χ0n) is 16.2. The van der Waals surface area contributed by atoms with E-state index in [1.165, 1.54) is 18.2 Å². The SMILES string of the molecule is Nc1cc(NC(=O)c2cc(F)cc(C(F)(F)F)c2)c2c(c1)C(=O)N=C2c1cc(F)ccc1Cl. The molecule has 0 unspecified atom stereocenters. The highest BCUT2D eigenvalue weighted by Crippen LogP contribution is 2.35. The lowest BCUT2D eigenvalue weighted by Crippen LogP contribution is -2.17. The summed E-state index contributed by atoms with van der Waals surface area (Å²) >= 11 is 6.13. The highest BCUT2D eigenvalue weighted by atomic mass is 35.5. The Bertz CT molecular complexity index is 1370. The summed E-state index contributed by atoms with van der Waals surface area (Å²) < 4.78 is 66.6. The molecule has 3 aromatic rings. The molecule has 33 heavy (non-hydrogen) atoms. The van der Waals surface area contributed by atoms with Gasteiger partial charge in [-0.3, -0.25) is 9.59 Å². The molecule has 3 N–H and O–H groups in total. The van der Waals surface area contributed by atoms with Gasteiger partial charge < -0.3 is 11.1 Å². The van der Waals surface area contributed by atoms with Gasteiger partial charge in [-0.1, -0.05) is 11.6 Å². The summed E-state index contributed by atoms with van der Waals surface area (Å²) in [6.45, 7) is 0. The quantitative estimate of drug-likeness (QED) is 0.386. The number of amides is 2.